The number of rotatable bonds is 3. The molecule has 4 heterocycles. The van der Waals surface area contributed by atoms with E-state index in [2.05, 4.69) is 15.3 Å². The van der Waals surface area contributed by atoms with Crippen molar-refractivity contribution in [1.82, 2.24) is 19.4 Å². The minimum absolute atomic E-state index is 0.0179. The van der Waals surface area contributed by atoms with Crippen LogP contribution in [0.15, 0.2) is 59.8 Å². The number of pyridine rings is 1. The normalized spacial score (nSPS) is 19.2. The Morgan fingerprint density at radius 1 is 1.03 bits per heavy atom. The zero-order chi connectivity index (χ0) is 22.2. The number of nitrogens with one attached hydrogen (secondary N) is 1. The summed E-state index contributed by atoms with van der Waals surface area (Å²) >= 11 is 0. The Morgan fingerprint density at radius 3 is 2.59 bits per heavy atom. The highest BCUT2D eigenvalue weighted by molar-refractivity contribution is 6.02. The van der Waals surface area contributed by atoms with Crippen molar-refractivity contribution in [2.75, 3.05) is 18.4 Å². The lowest BCUT2D eigenvalue weighted by molar-refractivity contribution is 0.0594. The summed E-state index contributed by atoms with van der Waals surface area (Å²) < 4.78 is 14.9. The molecule has 162 valence electrons. The first-order chi connectivity index (χ1) is 15.5. The van der Waals surface area contributed by atoms with Gasteiger partial charge in [-0.3, -0.25) is 19.4 Å². The van der Waals surface area contributed by atoms with Gasteiger partial charge in [0.2, 0.25) is 0 Å². The van der Waals surface area contributed by atoms with E-state index in [-0.39, 0.29) is 40.5 Å². The van der Waals surface area contributed by atoms with E-state index in [1.54, 1.807) is 15.5 Å². The summed E-state index contributed by atoms with van der Waals surface area (Å²) in [5.41, 5.74) is 1.34. The van der Waals surface area contributed by atoms with E-state index in [4.69, 9.17) is 0 Å². The Morgan fingerprint density at radius 2 is 1.84 bits per heavy atom. The van der Waals surface area contributed by atoms with Crippen LogP contribution in [0.25, 0.3) is 0 Å². The van der Waals surface area contributed by atoms with Gasteiger partial charge in [-0.2, -0.15) is 0 Å². The molecular weight excluding hydrogens is 413 g/mol. The molecule has 9 heteroatoms. The number of hydrogen-bond donors (Lipinski definition) is 1. The smallest absolute Gasteiger partial charge is 0.276 e. The van der Waals surface area contributed by atoms with Gasteiger partial charge < -0.3 is 14.8 Å². The topological polar surface area (TPSA) is 97.2 Å². The third-order valence-corrected chi connectivity index (χ3v) is 6.03. The number of carbonyl (C=O) groups excluding carboxylic acids is 2. The molecule has 3 aromatic rings. The van der Waals surface area contributed by atoms with Crippen LogP contribution in [0.4, 0.5) is 10.1 Å². The Balaban J connectivity index is 1.37. The van der Waals surface area contributed by atoms with Crippen LogP contribution in [0.2, 0.25) is 0 Å². The number of nitrogens with zero attached hydrogens (tertiary/aromatic N) is 4. The van der Waals surface area contributed by atoms with Gasteiger partial charge in [-0.1, -0.05) is 0 Å². The van der Waals surface area contributed by atoms with Gasteiger partial charge in [-0.25, -0.2) is 9.37 Å². The van der Waals surface area contributed by atoms with E-state index in [1.165, 1.54) is 42.9 Å². The van der Waals surface area contributed by atoms with E-state index in [1.807, 2.05) is 6.07 Å². The Labute approximate surface area is 182 Å². The molecular formula is C23H20FN5O3. The van der Waals surface area contributed by atoms with E-state index in [0.29, 0.717) is 25.2 Å². The van der Waals surface area contributed by atoms with E-state index >= 15 is 0 Å². The molecule has 8 nitrogen and oxygen atoms in total. The molecule has 1 aromatic carbocycles. The zero-order valence-electron chi connectivity index (χ0n) is 17.1. The third-order valence-electron chi connectivity index (χ3n) is 6.03. The van der Waals surface area contributed by atoms with Crippen molar-refractivity contribution >= 4 is 17.5 Å². The molecule has 2 amide bonds. The monoisotopic (exact) mass is 433 g/mol. The first-order valence-corrected chi connectivity index (χ1v) is 10.4. The fourth-order valence-corrected chi connectivity index (χ4v) is 4.58. The van der Waals surface area contributed by atoms with Crippen LogP contribution in [0.1, 0.15) is 38.9 Å². The highest BCUT2D eigenvalue weighted by Gasteiger charge is 2.37. The Kier molecular flexibility index (Phi) is 5.01. The highest BCUT2D eigenvalue weighted by Crippen LogP contribution is 2.36. The molecule has 1 saturated heterocycles. The Bertz CT molecular complexity index is 1240. The molecule has 1 fully saturated rings. The summed E-state index contributed by atoms with van der Waals surface area (Å²) in [6.07, 6.45) is 5.10. The number of likely N-dealkylation sites (tertiary alicyclic amines) is 1. The second kappa shape index (κ2) is 7.99. The summed E-state index contributed by atoms with van der Waals surface area (Å²) in [7, 11) is 0. The van der Waals surface area contributed by atoms with Crippen LogP contribution in [0.3, 0.4) is 0 Å². The number of piperidine rings is 1. The van der Waals surface area contributed by atoms with Crippen molar-refractivity contribution in [2.24, 2.45) is 5.92 Å². The minimum atomic E-state index is -0.497. The molecule has 2 bridgehead atoms. The summed E-state index contributed by atoms with van der Waals surface area (Å²) in [5.74, 6) is -0.877. The maximum absolute atomic E-state index is 13.2. The van der Waals surface area contributed by atoms with Crippen LogP contribution in [0.5, 0.6) is 0 Å². The number of benzene rings is 1. The Hall–Kier alpha value is -3.88. The number of amides is 2. The van der Waals surface area contributed by atoms with Gasteiger partial charge >= 0.3 is 0 Å². The SMILES string of the molecule is O=C(Nc1ccc2n(c1=O)C[C@@H]1C[C@@H]2CN(C(=O)c2ccc(F)cc2)C1)c1cnccn1. The second-order valence-electron chi connectivity index (χ2n) is 8.15. The number of aromatic nitrogens is 3. The van der Waals surface area contributed by atoms with Gasteiger partial charge in [0.05, 0.1) is 6.20 Å². The quantitative estimate of drug-likeness (QED) is 0.684. The first kappa shape index (κ1) is 20.0. The molecule has 1 N–H and O–H groups in total. The van der Waals surface area contributed by atoms with Crippen molar-refractivity contribution < 1.29 is 14.0 Å². The predicted octanol–water partition coefficient (Wildman–Crippen LogP) is 2.29. The van der Waals surface area contributed by atoms with Crippen LogP contribution in [-0.4, -0.2) is 44.3 Å². The highest BCUT2D eigenvalue weighted by atomic mass is 19.1. The van der Waals surface area contributed by atoms with Crippen LogP contribution >= 0.6 is 0 Å². The summed E-state index contributed by atoms with van der Waals surface area (Å²) in [5, 5.41) is 2.63. The lowest BCUT2D eigenvalue weighted by atomic mass is 9.83. The number of halogens is 1. The van der Waals surface area contributed by atoms with Crippen molar-refractivity contribution in [3.63, 3.8) is 0 Å². The van der Waals surface area contributed by atoms with Crippen molar-refractivity contribution in [3.05, 3.63) is 88.1 Å². The predicted molar refractivity (Wildman–Crippen MR) is 114 cm³/mol. The molecule has 5 rings (SSSR count). The van der Waals surface area contributed by atoms with Crippen LogP contribution in [0, 0.1) is 11.7 Å². The molecule has 0 radical (unpaired) electrons. The molecule has 2 aliphatic heterocycles. The fraction of sp³-hybridized carbons (Fsp3) is 0.261. The third kappa shape index (κ3) is 3.66. The average molecular weight is 433 g/mol. The molecule has 2 aromatic heterocycles. The summed E-state index contributed by atoms with van der Waals surface area (Å²) in [6.45, 7) is 1.47. The van der Waals surface area contributed by atoms with Gasteiger partial charge in [0, 0.05) is 49.2 Å². The fourth-order valence-electron chi connectivity index (χ4n) is 4.58. The van der Waals surface area contributed by atoms with Crippen LogP contribution in [-0.2, 0) is 6.54 Å². The maximum atomic E-state index is 13.2. The lowest BCUT2D eigenvalue weighted by Crippen LogP contribution is -2.49. The van der Waals surface area contributed by atoms with Crippen molar-refractivity contribution in [1.29, 1.82) is 0 Å². The van der Waals surface area contributed by atoms with E-state index in [0.717, 1.165) is 12.1 Å². The number of hydrogen-bond acceptors (Lipinski definition) is 5. The first-order valence-electron chi connectivity index (χ1n) is 10.4. The lowest BCUT2D eigenvalue weighted by Gasteiger charge is -2.43. The van der Waals surface area contributed by atoms with Gasteiger partial charge in [0.25, 0.3) is 17.4 Å². The van der Waals surface area contributed by atoms with Crippen molar-refractivity contribution in [2.45, 2.75) is 18.9 Å². The van der Waals surface area contributed by atoms with E-state index in [9.17, 15) is 18.8 Å². The minimum Gasteiger partial charge on any atom is -0.338 e. The molecule has 2 aliphatic rings. The van der Waals surface area contributed by atoms with Crippen molar-refractivity contribution in [3.8, 4) is 0 Å². The molecule has 0 spiro atoms. The number of fused-ring (bicyclic) bond motifs is 4. The van der Waals surface area contributed by atoms with Gasteiger partial charge in [-0.15, -0.1) is 0 Å². The standard InChI is InChI=1S/C23H20FN5O3/c24-17-3-1-15(2-4-17)22(31)28-11-14-9-16(13-28)20-6-5-18(23(32)29(20)12-14)27-21(30)19-10-25-7-8-26-19/h1-8,10,14,16H,9,11-13H2,(H,27,30)/t14-,16-/m1/s1. The molecule has 32 heavy (non-hydrogen) atoms. The van der Waals surface area contributed by atoms with E-state index < -0.39 is 5.91 Å². The van der Waals surface area contributed by atoms with Crippen LogP contribution < -0.4 is 10.9 Å². The summed E-state index contributed by atoms with van der Waals surface area (Å²) in [4.78, 5) is 48.0. The summed E-state index contributed by atoms with van der Waals surface area (Å²) in [6, 6.07) is 8.98. The number of carbonyl (C=O) groups is 2. The largest absolute Gasteiger partial charge is 0.338 e. The molecule has 0 unspecified atom stereocenters. The van der Waals surface area contributed by atoms with Gasteiger partial charge in [0.1, 0.15) is 17.2 Å². The number of anilines is 1. The van der Waals surface area contributed by atoms with Gasteiger partial charge in [0.15, 0.2) is 0 Å². The average Bonchev–Trinajstić information content (AvgIpc) is 2.81. The second-order valence-corrected chi connectivity index (χ2v) is 8.15. The molecule has 0 saturated carbocycles. The van der Waals surface area contributed by atoms with Gasteiger partial charge in [-0.05, 0) is 48.7 Å². The molecule has 0 aliphatic carbocycles. The molecule has 2 atom stereocenters. The maximum Gasteiger partial charge on any atom is 0.276 e. The zero-order valence-corrected chi connectivity index (χ0v) is 17.1.